The number of nitrogens with zero attached hydrogens (tertiary/aromatic N) is 17. The molecule has 744 valence electrons. The van der Waals surface area contributed by atoms with Crippen molar-refractivity contribution in [2.75, 3.05) is 120 Å². The van der Waals surface area contributed by atoms with Crippen LogP contribution < -0.4 is 73.2 Å². The number of aryl methyl sites for hydroxylation is 2. The molecule has 146 heavy (non-hydrogen) atoms. The summed E-state index contributed by atoms with van der Waals surface area (Å²) in [6.07, 6.45) is 22.7. The molecule has 3 aromatic carbocycles. The number of hydrogen-bond acceptors (Lipinski definition) is 28. The second-order valence-electron chi connectivity index (χ2n) is 39.0. The van der Waals surface area contributed by atoms with Crippen molar-refractivity contribution in [3.63, 3.8) is 0 Å². The molecule has 10 aliphatic rings. The third-order valence-electron chi connectivity index (χ3n) is 29.0. The number of carbonyl (C=O) groups is 4. The maximum Gasteiger partial charge on any atom is 0.254 e. The predicted octanol–water partition coefficient (Wildman–Crippen LogP) is 12.9. The fourth-order valence-corrected chi connectivity index (χ4v) is 21.2. The SMILES string of the molecule is CC(C)(N)[C@@H]1CN(c2ccc(Nc3ccc(-c4cnc5cc(F)ccn45)c4c3C(=O)NC4)nc2)CCO1.C[C@H](O)[C@@H]1CN(c2ccc(Nc3ccc(-c4cnc5cc(F)ccn45)c4c3C(=O)NC4)nc2)CCO1.Cc1cc(Nc2cnc(-c3ccnc4c3ccn4C)c3c2C(=O)NC3)nc(N2CC[C@H]3CNC[C@H]32)c1.O=C1NCc2c(-c3cnc4cc(F)ccn34)ccc(Nc3ccc(N4CCO[C@H](C5(O)CC5)C4)cn3)c21. The quantitative estimate of drug-likeness (QED) is 0.0358. The van der Waals surface area contributed by atoms with Crippen molar-refractivity contribution >= 4 is 121 Å². The smallest absolute Gasteiger partial charge is 0.254 e. The number of nitrogens with two attached hydrogens (primary N) is 1. The van der Waals surface area contributed by atoms with Crippen molar-refractivity contribution in [1.82, 2.24) is 89.2 Å². The first-order chi connectivity index (χ1) is 70.8. The van der Waals surface area contributed by atoms with E-state index in [-0.39, 0.29) is 59.4 Å². The highest BCUT2D eigenvalue weighted by Crippen LogP contribution is 2.45. The highest BCUT2D eigenvalue weighted by atomic mass is 19.1. The number of pyridine rings is 9. The summed E-state index contributed by atoms with van der Waals surface area (Å²) in [5.74, 6) is 2.65. The Morgan fingerprint density at radius 3 is 1.45 bits per heavy atom. The fourth-order valence-electron chi connectivity index (χ4n) is 21.2. The number of benzene rings is 3. The number of morpholine rings is 3. The number of aliphatic hydroxyl groups is 2. The Morgan fingerprint density at radius 1 is 0.486 bits per heavy atom. The Hall–Kier alpha value is -16.0. The molecule has 5 saturated heterocycles. The van der Waals surface area contributed by atoms with E-state index in [1.54, 1.807) is 68.9 Å². The van der Waals surface area contributed by atoms with Gasteiger partial charge in [0.2, 0.25) is 0 Å². The second-order valence-corrected chi connectivity index (χ2v) is 39.0. The van der Waals surface area contributed by atoms with Crippen LogP contribution in [-0.4, -0.2) is 217 Å². The number of halogens is 3. The van der Waals surface area contributed by atoms with Gasteiger partial charge in [-0.25, -0.2) is 53.0 Å². The average Bonchev–Trinajstić information content (AvgIpc) is 1.60. The zero-order valence-corrected chi connectivity index (χ0v) is 80.6. The molecule has 0 radical (unpaired) electrons. The van der Waals surface area contributed by atoms with E-state index in [9.17, 15) is 42.6 Å². The lowest BCUT2D eigenvalue weighted by atomic mass is 9.97. The number of fused-ring (bicyclic) bond motifs is 9. The number of aromatic nitrogens is 13. The van der Waals surface area contributed by atoms with Gasteiger partial charge >= 0.3 is 0 Å². The molecular weight excluding hydrogens is 1860 g/mol. The van der Waals surface area contributed by atoms with Crippen LogP contribution in [0.1, 0.15) is 109 Å². The molecule has 4 amide bonds. The molecule has 39 heteroatoms. The number of aliphatic hydroxyl groups excluding tert-OH is 1. The summed E-state index contributed by atoms with van der Waals surface area (Å²) in [7, 11) is 1.98. The van der Waals surface area contributed by atoms with Gasteiger partial charge in [0.1, 0.15) is 81.3 Å². The number of rotatable bonds is 19. The van der Waals surface area contributed by atoms with Gasteiger partial charge in [0.05, 0.1) is 166 Å². The summed E-state index contributed by atoms with van der Waals surface area (Å²) in [5.41, 5.74) is 26.8. The molecule has 0 unspecified atom stereocenters. The highest BCUT2D eigenvalue weighted by Gasteiger charge is 2.50. The monoisotopic (exact) mass is 1970 g/mol. The lowest BCUT2D eigenvalue weighted by molar-refractivity contribution is -0.0586. The van der Waals surface area contributed by atoms with Gasteiger partial charge in [-0.05, 0) is 172 Å². The van der Waals surface area contributed by atoms with Gasteiger partial charge in [0, 0.05) is 186 Å². The lowest BCUT2D eigenvalue weighted by Gasteiger charge is -2.40. The minimum Gasteiger partial charge on any atom is -0.391 e. The summed E-state index contributed by atoms with van der Waals surface area (Å²) in [6, 6.07) is 40.0. The van der Waals surface area contributed by atoms with E-state index in [1.165, 1.54) is 42.8 Å². The van der Waals surface area contributed by atoms with Crippen LogP contribution in [0.5, 0.6) is 0 Å². The van der Waals surface area contributed by atoms with Crippen LogP contribution in [0.3, 0.4) is 0 Å². The maximum absolute atomic E-state index is 13.6. The molecule has 9 aliphatic heterocycles. The Labute approximate surface area is 835 Å². The number of ether oxygens (including phenoxy) is 3. The van der Waals surface area contributed by atoms with Crippen LogP contribution in [-0.2, 0) is 47.4 Å². The van der Waals surface area contributed by atoms with Crippen LogP contribution in [0.2, 0.25) is 0 Å². The van der Waals surface area contributed by atoms with E-state index in [0.717, 1.165) is 165 Å². The maximum atomic E-state index is 13.6. The molecule has 0 bridgehead atoms. The van der Waals surface area contributed by atoms with Crippen molar-refractivity contribution in [3.8, 4) is 45.0 Å². The molecule has 1 saturated carbocycles. The summed E-state index contributed by atoms with van der Waals surface area (Å²) in [6.45, 7) is 18.4. The third-order valence-corrected chi connectivity index (χ3v) is 29.0. The Kier molecular flexibility index (Phi) is 24.5. The predicted molar refractivity (Wildman–Crippen MR) is 547 cm³/mol. The van der Waals surface area contributed by atoms with Gasteiger partial charge in [-0.2, -0.15) is 0 Å². The van der Waals surface area contributed by atoms with E-state index >= 15 is 0 Å². The number of hydrogen-bond donors (Lipinski definition) is 12. The molecular formula is C107H106F3N27O9. The Morgan fingerprint density at radius 2 is 0.959 bits per heavy atom. The summed E-state index contributed by atoms with van der Waals surface area (Å²) < 4.78 is 65.6. The molecule has 6 atom stereocenters. The van der Waals surface area contributed by atoms with Crippen LogP contribution >= 0.6 is 0 Å². The molecule has 13 N–H and O–H groups in total. The van der Waals surface area contributed by atoms with Crippen molar-refractivity contribution in [2.45, 2.75) is 115 Å². The summed E-state index contributed by atoms with van der Waals surface area (Å²) in [4.78, 5) is 101. The standard InChI is InChI=1S/C27H28FN7O2.C27H25FN6O3.C27H28N8O.C26H25FN6O3/c1-27(2,29)22-15-34(9-10-37-22)17-3-6-23(30-12-17)33-20-5-4-18(19-13-32-26(36)25(19)20)21-14-31-24-11-16(28)7-8-35(21)24;28-16-5-8-34-21(14-30-24(34)11-16)18-2-3-20(25-19(18)13-31-26(25)35)32-23-4-1-17(12-29-23)33-9-10-37-22(15-33)27(36)6-7-27;1-15-9-22(33-23(10-15)35-8-4-16-11-28-14-21(16)35)32-20-13-30-25(19-12-31-27(36)24(19)20)17-3-6-29-26-18(17)5-7-34(26)2;1-15(34)22-14-32(8-9-36-22)17-2-5-23(28-11-17)31-20-4-3-18(19-12-30-26(35)25(19)20)21-13-29-24-10-16(27)6-7-33(21)24/h3-8,11-12,14,22H,9-10,13,15,29H2,1-2H3,(H,30,33)(H,32,36);1-5,8,11-12,14,22,36H,6-7,9-10,13,15H2,(H,29,32)(H,31,35);3,5-7,9-10,13,16,21,28H,4,8,11-12,14H2,1-2H3,(H,31,36)(H,32,33);2-7,10-11,13,15,22,34H,8-9,12,14H2,1H3,(H,28,31)(H,30,35)/t2*22-;16-,21+;15-,22-/m0000/s1. The molecule has 26 rings (SSSR count). The first-order valence-electron chi connectivity index (χ1n) is 48.9. The van der Waals surface area contributed by atoms with Crippen molar-refractivity contribution < 1.29 is 56.8 Å². The summed E-state index contributed by atoms with van der Waals surface area (Å²) in [5, 5.41) is 49.9. The molecule has 36 nitrogen and oxygen atoms in total. The molecule has 16 aromatic rings. The van der Waals surface area contributed by atoms with Crippen LogP contribution in [0.15, 0.2) is 208 Å². The van der Waals surface area contributed by atoms with Crippen molar-refractivity contribution in [1.29, 1.82) is 0 Å². The second kappa shape index (κ2) is 38.2. The number of anilines is 12. The number of carbonyl (C=O) groups excluding carboxylic acids is 4. The van der Waals surface area contributed by atoms with E-state index < -0.39 is 17.2 Å². The van der Waals surface area contributed by atoms with Gasteiger partial charge in [-0.3, -0.25) is 37.4 Å². The lowest BCUT2D eigenvalue weighted by Crippen LogP contribution is -2.56. The minimum atomic E-state index is -0.680. The molecule has 22 heterocycles. The van der Waals surface area contributed by atoms with Gasteiger partial charge in [0.15, 0.2) is 0 Å². The summed E-state index contributed by atoms with van der Waals surface area (Å²) >= 11 is 0. The first kappa shape index (κ1) is 93.6. The minimum absolute atomic E-state index is 0.0643. The van der Waals surface area contributed by atoms with Crippen molar-refractivity contribution in [3.05, 3.63) is 275 Å². The largest absolute Gasteiger partial charge is 0.391 e. The van der Waals surface area contributed by atoms with E-state index in [1.807, 2.05) is 142 Å². The van der Waals surface area contributed by atoms with Crippen LogP contribution in [0.4, 0.5) is 82.1 Å². The van der Waals surface area contributed by atoms with Crippen molar-refractivity contribution in [2.24, 2.45) is 18.7 Å². The average molecular weight is 1970 g/mol. The first-order valence-corrected chi connectivity index (χ1v) is 48.9. The third kappa shape index (κ3) is 18.2. The van der Waals surface area contributed by atoms with E-state index in [2.05, 4.69) is 115 Å². The zero-order chi connectivity index (χ0) is 100. The Balaban J connectivity index is 0.000000107. The van der Waals surface area contributed by atoms with Gasteiger partial charge in [-0.15, -0.1) is 0 Å². The molecule has 6 fully saturated rings. The van der Waals surface area contributed by atoms with E-state index in [0.29, 0.717) is 157 Å². The van der Waals surface area contributed by atoms with Crippen LogP contribution in [0, 0.1) is 30.3 Å². The van der Waals surface area contributed by atoms with Crippen LogP contribution in [0.25, 0.3) is 73.0 Å². The highest BCUT2D eigenvalue weighted by molar-refractivity contribution is 6.09. The van der Waals surface area contributed by atoms with E-state index in [4.69, 9.17) is 29.9 Å². The molecule has 0 spiro atoms. The number of nitrogens with one attached hydrogen (secondary N) is 9. The van der Waals surface area contributed by atoms with Gasteiger partial charge in [-0.1, -0.05) is 18.2 Å². The van der Waals surface area contributed by atoms with Gasteiger partial charge < -0.3 is 102 Å². The molecule has 1 aliphatic carbocycles. The topological polar surface area (TPSA) is 418 Å². The normalized spacial score (nSPS) is 19.2. The number of amides is 4. The van der Waals surface area contributed by atoms with Gasteiger partial charge in [0.25, 0.3) is 23.6 Å². The fraction of sp³-hybridized carbons (Fsp3) is 0.299. The zero-order valence-electron chi connectivity index (χ0n) is 80.6. The number of imidazole rings is 3. The molecule has 13 aromatic heterocycles. The Bertz CT molecular complexity index is 7600.